The van der Waals surface area contributed by atoms with E-state index in [0.717, 1.165) is 23.7 Å². The molecule has 31 heavy (non-hydrogen) atoms. The molecule has 1 aromatic rings. The lowest BCUT2D eigenvalue weighted by molar-refractivity contribution is -0.164. The second kappa shape index (κ2) is 8.26. The van der Waals surface area contributed by atoms with Crippen LogP contribution in [0.25, 0.3) is 0 Å². The Labute approximate surface area is 185 Å². The van der Waals surface area contributed by atoms with Gasteiger partial charge in [-0.25, -0.2) is 0 Å². The zero-order valence-electron chi connectivity index (χ0n) is 18.6. The van der Waals surface area contributed by atoms with Crippen molar-refractivity contribution in [2.45, 2.75) is 100 Å². The Balaban J connectivity index is 1.60. The maximum absolute atomic E-state index is 12.9. The van der Waals surface area contributed by atoms with Gasteiger partial charge in [0.15, 0.2) is 13.9 Å². The smallest absolute Gasteiger partial charge is 0.306 e. The quantitative estimate of drug-likeness (QED) is 0.249. The Bertz CT molecular complexity index is 919. The van der Waals surface area contributed by atoms with Crippen molar-refractivity contribution in [1.29, 1.82) is 0 Å². The van der Waals surface area contributed by atoms with Gasteiger partial charge in [-0.1, -0.05) is 38.5 Å². The Morgan fingerprint density at radius 3 is 2.32 bits per heavy atom. The third-order valence-electron chi connectivity index (χ3n) is 7.27. The second-order valence-corrected chi connectivity index (χ2v) is 15.2. The number of carbonyl (C=O) groups is 1. The number of aryl methyl sites for hydroxylation is 1. The molecule has 0 aromatic heterocycles. The summed E-state index contributed by atoms with van der Waals surface area (Å²) in [6, 6.07) is 9.44. The Hall–Kier alpha value is -1.26. The van der Waals surface area contributed by atoms with E-state index in [1.807, 2.05) is 6.92 Å². The molecule has 9 heteroatoms. The molecule has 3 aliphatic rings. The van der Waals surface area contributed by atoms with Crippen molar-refractivity contribution in [2.24, 2.45) is 0 Å². The first-order chi connectivity index (χ1) is 14.7. The highest BCUT2D eigenvalue weighted by molar-refractivity contribution is 7.86. The summed E-state index contributed by atoms with van der Waals surface area (Å²) in [4.78, 5) is 12.2. The Morgan fingerprint density at radius 1 is 1.13 bits per heavy atom. The van der Waals surface area contributed by atoms with Gasteiger partial charge < -0.3 is 13.9 Å². The molecule has 7 nitrogen and oxygen atoms in total. The fourth-order valence-electron chi connectivity index (χ4n) is 5.03. The number of epoxide rings is 1. The average molecular weight is 469 g/mol. The molecule has 0 unspecified atom stereocenters. The van der Waals surface area contributed by atoms with Crippen LogP contribution in [0, 0.1) is 6.92 Å². The van der Waals surface area contributed by atoms with E-state index in [0.29, 0.717) is 19.3 Å². The van der Waals surface area contributed by atoms with Gasteiger partial charge in [0.05, 0.1) is 11.0 Å². The lowest BCUT2D eigenvalue weighted by Crippen LogP contribution is -2.59. The van der Waals surface area contributed by atoms with Crippen molar-refractivity contribution >= 4 is 24.4 Å². The highest BCUT2D eigenvalue weighted by atomic mass is 32.2. The number of ether oxygens (including phenoxy) is 2. The number of carbonyl (C=O) groups excluding carboxylic acids is 1. The largest absolute Gasteiger partial charge is 0.453 e. The summed E-state index contributed by atoms with van der Waals surface area (Å²) in [6.07, 6.45) is -0.681. The molecule has 0 radical (unpaired) electrons. The molecule has 0 bridgehead atoms. The van der Waals surface area contributed by atoms with Crippen LogP contribution in [-0.2, 0) is 33.0 Å². The van der Waals surface area contributed by atoms with Crippen LogP contribution in [0.1, 0.15) is 45.6 Å². The molecule has 1 aromatic carbocycles. The molecule has 2 aliphatic heterocycles. The van der Waals surface area contributed by atoms with E-state index >= 15 is 0 Å². The predicted molar refractivity (Wildman–Crippen MR) is 117 cm³/mol. The number of esters is 1. The van der Waals surface area contributed by atoms with Crippen LogP contribution in [0.4, 0.5) is 0 Å². The topological polar surface area (TPSA) is 91.4 Å². The standard InChI is InChI=1S/C22H32O7SSi/c1-5-31(6-2,7-3)29-18-14-17(20-21(26-20)22(18)13-12-19(23)27-22)28-30(24,25)16-10-8-15(4)9-11-16/h8-11,17-18,20-21H,5-7,12-14H2,1-4H3/t17-,18+,20+,21+,22-/m1/s1. The van der Waals surface area contributed by atoms with Crippen LogP contribution < -0.4 is 0 Å². The van der Waals surface area contributed by atoms with Crippen LogP contribution in [0.15, 0.2) is 29.2 Å². The summed E-state index contributed by atoms with van der Waals surface area (Å²) in [5.74, 6) is -0.244. The van der Waals surface area contributed by atoms with E-state index in [9.17, 15) is 13.2 Å². The highest BCUT2D eigenvalue weighted by Crippen LogP contribution is 2.53. The Morgan fingerprint density at radius 2 is 1.77 bits per heavy atom. The molecule has 4 rings (SSSR count). The third kappa shape index (κ3) is 4.11. The van der Waals surface area contributed by atoms with E-state index in [1.54, 1.807) is 24.3 Å². The van der Waals surface area contributed by atoms with Crippen molar-refractivity contribution in [3.63, 3.8) is 0 Å². The molecule has 0 amide bonds. The van der Waals surface area contributed by atoms with Gasteiger partial charge in [0.25, 0.3) is 10.1 Å². The van der Waals surface area contributed by atoms with Crippen LogP contribution >= 0.6 is 0 Å². The van der Waals surface area contributed by atoms with Crippen molar-refractivity contribution in [3.05, 3.63) is 29.8 Å². The van der Waals surface area contributed by atoms with Gasteiger partial charge >= 0.3 is 5.97 Å². The first kappa shape index (κ1) is 22.9. The lowest BCUT2D eigenvalue weighted by atomic mass is 9.79. The minimum Gasteiger partial charge on any atom is -0.453 e. The first-order valence-corrected chi connectivity index (χ1v) is 15.2. The van der Waals surface area contributed by atoms with Crippen molar-refractivity contribution in [1.82, 2.24) is 0 Å². The first-order valence-electron chi connectivity index (χ1n) is 11.2. The summed E-state index contributed by atoms with van der Waals surface area (Å²) in [5, 5.41) is 0. The van der Waals surface area contributed by atoms with Crippen molar-refractivity contribution in [3.8, 4) is 0 Å². The summed E-state index contributed by atoms with van der Waals surface area (Å²) in [6.45, 7) is 8.32. The van der Waals surface area contributed by atoms with Gasteiger partial charge in [0.1, 0.15) is 18.3 Å². The Kier molecular flexibility index (Phi) is 6.11. The summed E-state index contributed by atoms with van der Waals surface area (Å²) < 4.78 is 50.0. The highest BCUT2D eigenvalue weighted by Gasteiger charge is 2.70. The normalized spacial score (nSPS) is 32.7. The molecule has 0 N–H and O–H groups in total. The van der Waals surface area contributed by atoms with Gasteiger partial charge in [-0.15, -0.1) is 0 Å². The monoisotopic (exact) mass is 468 g/mol. The minimum absolute atomic E-state index is 0.125. The summed E-state index contributed by atoms with van der Waals surface area (Å²) in [5.41, 5.74) is 0.146. The summed E-state index contributed by atoms with van der Waals surface area (Å²) in [7, 11) is -5.99. The zero-order chi connectivity index (χ0) is 22.4. The van der Waals surface area contributed by atoms with Crippen LogP contribution in [0.2, 0.25) is 18.1 Å². The molecule has 2 heterocycles. The number of hydrogen-bond donors (Lipinski definition) is 0. The van der Waals surface area contributed by atoms with E-state index in [2.05, 4.69) is 20.8 Å². The summed E-state index contributed by atoms with van der Waals surface area (Å²) >= 11 is 0. The zero-order valence-corrected chi connectivity index (χ0v) is 20.4. The molecule has 172 valence electrons. The maximum atomic E-state index is 12.9. The fraction of sp³-hybridized carbons (Fsp3) is 0.682. The van der Waals surface area contributed by atoms with Crippen LogP contribution in [0.3, 0.4) is 0 Å². The van der Waals surface area contributed by atoms with E-state index in [1.165, 1.54) is 0 Å². The molecular weight excluding hydrogens is 436 g/mol. The third-order valence-corrected chi connectivity index (χ3v) is 13.3. The number of hydrogen-bond acceptors (Lipinski definition) is 7. The molecule has 1 spiro atoms. The van der Waals surface area contributed by atoms with E-state index in [4.69, 9.17) is 18.1 Å². The van der Waals surface area contributed by atoms with Gasteiger partial charge in [0.2, 0.25) is 0 Å². The molecule has 2 saturated heterocycles. The van der Waals surface area contributed by atoms with E-state index < -0.39 is 42.3 Å². The molecule has 5 atom stereocenters. The van der Waals surface area contributed by atoms with Crippen molar-refractivity contribution < 1.29 is 31.3 Å². The van der Waals surface area contributed by atoms with Gasteiger partial charge in [-0.3, -0.25) is 8.98 Å². The SMILES string of the molecule is CC[Si](CC)(CC)O[C@H]1C[C@@H](OS(=O)(=O)c2ccc(C)cc2)[C@@H]2O[C@@H]2[C@@]12CCC(=O)O2. The molecule has 1 saturated carbocycles. The second-order valence-electron chi connectivity index (χ2n) is 8.94. The molecule has 1 aliphatic carbocycles. The number of benzene rings is 1. The molecular formula is C22H32O7SSi. The van der Waals surface area contributed by atoms with Gasteiger partial charge in [-0.2, -0.15) is 8.42 Å². The number of rotatable bonds is 8. The van der Waals surface area contributed by atoms with Crippen LogP contribution in [0.5, 0.6) is 0 Å². The number of fused-ring (bicyclic) bond motifs is 2. The predicted octanol–water partition coefficient (Wildman–Crippen LogP) is 3.71. The lowest BCUT2D eigenvalue weighted by Gasteiger charge is -2.44. The maximum Gasteiger partial charge on any atom is 0.306 e. The fourth-order valence-corrected chi connectivity index (χ4v) is 9.03. The van der Waals surface area contributed by atoms with Crippen LogP contribution in [-0.4, -0.2) is 52.7 Å². The minimum atomic E-state index is -3.94. The van der Waals surface area contributed by atoms with Gasteiger partial charge in [0, 0.05) is 19.3 Å². The average Bonchev–Trinajstić information content (AvgIpc) is 3.47. The van der Waals surface area contributed by atoms with Gasteiger partial charge in [-0.05, 0) is 37.2 Å². The van der Waals surface area contributed by atoms with E-state index in [-0.39, 0.29) is 17.0 Å². The molecule has 3 fully saturated rings. The van der Waals surface area contributed by atoms with Crippen molar-refractivity contribution in [2.75, 3.05) is 0 Å².